The van der Waals surface area contributed by atoms with Crippen molar-refractivity contribution in [3.63, 3.8) is 0 Å². The largest absolute Gasteiger partial charge is 0.493 e. The Kier molecular flexibility index (Phi) is 3.16. The maximum Gasteiger partial charge on any atom is 0.321 e. The third kappa shape index (κ3) is 2.19. The molecule has 2 N–H and O–H groups in total. The highest BCUT2D eigenvalue weighted by molar-refractivity contribution is 7.99. The number of hydrogen-bond acceptors (Lipinski definition) is 6. The predicted molar refractivity (Wildman–Crippen MR) is 68.9 cm³/mol. The van der Waals surface area contributed by atoms with Gasteiger partial charge < -0.3 is 19.3 Å². The second kappa shape index (κ2) is 4.82. The summed E-state index contributed by atoms with van der Waals surface area (Å²) in [5.74, 6) is 1.55. The van der Waals surface area contributed by atoms with Gasteiger partial charge in [-0.25, -0.2) is 0 Å². The van der Waals surface area contributed by atoms with Gasteiger partial charge in [0, 0.05) is 5.75 Å². The SMILES string of the molecule is COc1cc(C2N[C@@H](C(=O)O)CS2)cc2c1OCO2. The van der Waals surface area contributed by atoms with Crippen LogP contribution in [0.5, 0.6) is 17.2 Å². The van der Waals surface area contributed by atoms with E-state index in [0.29, 0.717) is 23.0 Å². The van der Waals surface area contributed by atoms with Crippen LogP contribution in [0.4, 0.5) is 0 Å². The van der Waals surface area contributed by atoms with E-state index in [1.807, 2.05) is 12.1 Å². The first-order valence-electron chi connectivity index (χ1n) is 5.77. The number of rotatable bonds is 3. The zero-order chi connectivity index (χ0) is 13.4. The normalized spacial score (nSPS) is 24.5. The maximum absolute atomic E-state index is 10.9. The van der Waals surface area contributed by atoms with Gasteiger partial charge in [-0.15, -0.1) is 11.8 Å². The van der Waals surface area contributed by atoms with E-state index in [2.05, 4.69) is 5.32 Å². The molecule has 6 nitrogen and oxygen atoms in total. The van der Waals surface area contributed by atoms with Crippen LogP contribution in [-0.4, -0.2) is 36.8 Å². The van der Waals surface area contributed by atoms with Crippen molar-refractivity contribution in [3.05, 3.63) is 17.7 Å². The number of hydrogen-bond donors (Lipinski definition) is 2. The Morgan fingerprint density at radius 1 is 1.53 bits per heavy atom. The topological polar surface area (TPSA) is 77.0 Å². The lowest BCUT2D eigenvalue weighted by Gasteiger charge is -2.14. The summed E-state index contributed by atoms with van der Waals surface area (Å²) >= 11 is 1.55. The van der Waals surface area contributed by atoms with Gasteiger partial charge in [-0.2, -0.15) is 0 Å². The molecule has 0 aromatic heterocycles. The molecular formula is C12H13NO5S. The number of carbonyl (C=O) groups is 1. The van der Waals surface area contributed by atoms with E-state index in [4.69, 9.17) is 19.3 Å². The Bertz CT molecular complexity index is 521. The number of ether oxygens (including phenoxy) is 3. The Labute approximate surface area is 114 Å². The van der Waals surface area contributed by atoms with Gasteiger partial charge in [-0.05, 0) is 17.7 Å². The molecule has 2 atom stereocenters. The lowest BCUT2D eigenvalue weighted by Crippen LogP contribution is -2.33. The molecule has 0 amide bonds. The number of benzene rings is 1. The van der Waals surface area contributed by atoms with Gasteiger partial charge in [0.05, 0.1) is 12.5 Å². The van der Waals surface area contributed by atoms with Crippen molar-refractivity contribution < 1.29 is 24.1 Å². The molecule has 19 heavy (non-hydrogen) atoms. The predicted octanol–water partition coefficient (Wildman–Crippen LogP) is 1.21. The number of methoxy groups -OCH3 is 1. The van der Waals surface area contributed by atoms with E-state index in [1.165, 1.54) is 0 Å². The summed E-state index contributed by atoms with van der Waals surface area (Å²) in [6.45, 7) is 0.179. The molecule has 1 aromatic carbocycles. The molecule has 1 saturated heterocycles. The summed E-state index contributed by atoms with van der Waals surface area (Å²) in [5.41, 5.74) is 0.926. The van der Waals surface area contributed by atoms with Gasteiger partial charge in [0.25, 0.3) is 0 Å². The number of fused-ring (bicyclic) bond motifs is 1. The fourth-order valence-electron chi connectivity index (χ4n) is 2.11. The zero-order valence-corrected chi connectivity index (χ0v) is 11.0. The lowest BCUT2D eigenvalue weighted by atomic mass is 10.1. The van der Waals surface area contributed by atoms with E-state index in [1.54, 1.807) is 18.9 Å². The van der Waals surface area contributed by atoms with Crippen molar-refractivity contribution in [1.29, 1.82) is 0 Å². The Morgan fingerprint density at radius 2 is 2.37 bits per heavy atom. The minimum absolute atomic E-state index is 0.0792. The van der Waals surface area contributed by atoms with Gasteiger partial charge in [0.15, 0.2) is 11.5 Å². The standard InChI is InChI=1S/C12H13NO5S/c1-16-8-2-6(3-9-10(8)18-5-17-9)11-13-7(4-19-11)12(14)15/h2-3,7,11,13H,4-5H2,1H3,(H,14,15)/t7-,11?/m1/s1. The summed E-state index contributed by atoms with van der Waals surface area (Å²) < 4.78 is 16.0. The van der Waals surface area contributed by atoms with Crippen molar-refractivity contribution in [2.24, 2.45) is 0 Å². The summed E-state index contributed by atoms with van der Waals surface area (Å²) in [6, 6.07) is 3.19. The van der Waals surface area contributed by atoms with Crippen molar-refractivity contribution in [2.45, 2.75) is 11.4 Å². The molecule has 102 valence electrons. The van der Waals surface area contributed by atoms with E-state index in [9.17, 15) is 4.79 Å². The second-order valence-corrected chi connectivity index (χ2v) is 5.37. The molecule has 1 fully saturated rings. The molecule has 0 radical (unpaired) electrons. The molecule has 1 aromatic rings. The molecular weight excluding hydrogens is 270 g/mol. The highest BCUT2D eigenvalue weighted by Gasteiger charge is 2.32. The highest BCUT2D eigenvalue weighted by atomic mass is 32.2. The zero-order valence-electron chi connectivity index (χ0n) is 10.2. The van der Waals surface area contributed by atoms with E-state index in [-0.39, 0.29) is 12.2 Å². The molecule has 0 bridgehead atoms. The average Bonchev–Trinajstić information content (AvgIpc) is 3.05. The van der Waals surface area contributed by atoms with Crippen molar-refractivity contribution >= 4 is 17.7 Å². The van der Waals surface area contributed by atoms with Crippen LogP contribution in [0.25, 0.3) is 0 Å². The van der Waals surface area contributed by atoms with E-state index in [0.717, 1.165) is 5.56 Å². The molecule has 3 rings (SSSR count). The molecule has 7 heteroatoms. The molecule has 2 aliphatic rings. The smallest absolute Gasteiger partial charge is 0.321 e. The molecule has 2 heterocycles. The molecule has 2 aliphatic heterocycles. The first-order chi connectivity index (χ1) is 9.19. The third-order valence-electron chi connectivity index (χ3n) is 3.06. The van der Waals surface area contributed by atoms with Crippen molar-refractivity contribution in [1.82, 2.24) is 5.32 Å². The summed E-state index contributed by atoms with van der Waals surface area (Å²) in [6.07, 6.45) is 0. The van der Waals surface area contributed by atoms with Crippen LogP contribution in [0, 0.1) is 0 Å². The number of aliphatic carboxylic acids is 1. The fraction of sp³-hybridized carbons (Fsp3) is 0.417. The fourth-order valence-corrected chi connectivity index (χ4v) is 3.32. The van der Waals surface area contributed by atoms with Gasteiger partial charge in [-0.3, -0.25) is 10.1 Å². The van der Waals surface area contributed by atoms with Gasteiger partial charge in [-0.1, -0.05) is 0 Å². The second-order valence-electron chi connectivity index (χ2n) is 4.23. The van der Waals surface area contributed by atoms with Gasteiger partial charge in [0.2, 0.25) is 12.5 Å². The van der Waals surface area contributed by atoms with Gasteiger partial charge in [0.1, 0.15) is 6.04 Å². The monoisotopic (exact) mass is 283 g/mol. The third-order valence-corrected chi connectivity index (χ3v) is 4.33. The molecule has 0 saturated carbocycles. The number of nitrogens with one attached hydrogen (secondary N) is 1. The molecule has 0 spiro atoms. The highest BCUT2D eigenvalue weighted by Crippen LogP contribution is 2.45. The Balaban J connectivity index is 1.88. The van der Waals surface area contributed by atoms with E-state index < -0.39 is 12.0 Å². The lowest BCUT2D eigenvalue weighted by molar-refractivity contribution is -0.138. The van der Waals surface area contributed by atoms with Crippen LogP contribution in [0.1, 0.15) is 10.9 Å². The first-order valence-corrected chi connectivity index (χ1v) is 6.82. The summed E-state index contributed by atoms with van der Waals surface area (Å²) in [5, 5.41) is 12.0. The first kappa shape index (κ1) is 12.4. The number of carboxylic acid groups (broad SMARTS) is 1. The van der Waals surface area contributed by atoms with Crippen LogP contribution >= 0.6 is 11.8 Å². The Morgan fingerprint density at radius 3 is 3.05 bits per heavy atom. The van der Waals surface area contributed by atoms with Crippen molar-refractivity contribution in [3.8, 4) is 17.2 Å². The number of carboxylic acids is 1. The minimum Gasteiger partial charge on any atom is -0.493 e. The van der Waals surface area contributed by atoms with Crippen LogP contribution in [-0.2, 0) is 4.79 Å². The minimum atomic E-state index is -0.831. The van der Waals surface area contributed by atoms with Crippen LogP contribution in [0.15, 0.2) is 12.1 Å². The molecule has 0 aliphatic carbocycles. The summed E-state index contributed by atoms with van der Waals surface area (Å²) in [7, 11) is 1.57. The van der Waals surface area contributed by atoms with Crippen LogP contribution < -0.4 is 19.5 Å². The quantitative estimate of drug-likeness (QED) is 0.863. The number of thioether (sulfide) groups is 1. The summed E-state index contributed by atoms with van der Waals surface area (Å²) in [4.78, 5) is 10.9. The average molecular weight is 283 g/mol. The Hall–Kier alpha value is -1.60. The molecule has 1 unspecified atom stereocenters. The van der Waals surface area contributed by atoms with Crippen LogP contribution in [0.3, 0.4) is 0 Å². The van der Waals surface area contributed by atoms with Crippen molar-refractivity contribution in [2.75, 3.05) is 19.7 Å². The van der Waals surface area contributed by atoms with Gasteiger partial charge >= 0.3 is 5.97 Å². The maximum atomic E-state index is 10.9. The van der Waals surface area contributed by atoms with E-state index >= 15 is 0 Å². The van der Waals surface area contributed by atoms with Crippen LogP contribution in [0.2, 0.25) is 0 Å².